The Balaban J connectivity index is 3.15. The number of aliphatic hydroxyl groups excluding tert-OH is 1. The first kappa shape index (κ1) is 25.5. The largest absolute Gasteiger partial charge is 0.394 e. The van der Waals surface area contributed by atoms with Crippen molar-refractivity contribution in [3.63, 3.8) is 0 Å². The first-order valence-electron chi connectivity index (χ1n) is 11.4. The number of aliphatic hydroxyl groups is 1. The summed E-state index contributed by atoms with van der Waals surface area (Å²) in [5, 5.41) is 8.64. The van der Waals surface area contributed by atoms with Crippen LogP contribution in [0.2, 0.25) is 0 Å². The first-order chi connectivity index (χ1) is 12.8. The minimum atomic E-state index is 0.110. The Bertz CT molecular complexity index is 281. The molecule has 0 aliphatic rings. The van der Waals surface area contributed by atoms with E-state index >= 15 is 0 Å². The Labute approximate surface area is 164 Å². The van der Waals surface area contributed by atoms with Crippen LogP contribution in [-0.4, -0.2) is 43.4 Å². The van der Waals surface area contributed by atoms with Crippen molar-refractivity contribution in [1.82, 2.24) is 4.90 Å². The molecule has 3 nitrogen and oxygen atoms in total. The molecule has 0 radical (unpaired) electrons. The van der Waals surface area contributed by atoms with E-state index in [-0.39, 0.29) is 6.61 Å². The molecule has 0 bridgehead atoms. The zero-order valence-electron chi connectivity index (χ0n) is 17.9. The highest BCUT2D eigenvalue weighted by molar-refractivity contribution is 4.80. The lowest BCUT2D eigenvalue weighted by Gasteiger charge is -2.13. The lowest BCUT2D eigenvalue weighted by Crippen LogP contribution is -2.18. The fraction of sp³-hybridized carbons (Fsp3) is 0.913. The summed E-state index contributed by atoms with van der Waals surface area (Å²) in [7, 11) is 2.07. The van der Waals surface area contributed by atoms with E-state index in [9.17, 15) is 0 Å². The van der Waals surface area contributed by atoms with Crippen molar-refractivity contribution in [3.05, 3.63) is 12.3 Å². The van der Waals surface area contributed by atoms with Gasteiger partial charge in [0.2, 0.25) is 0 Å². The third-order valence-corrected chi connectivity index (χ3v) is 4.91. The maximum Gasteiger partial charge on any atom is 0.0698 e. The summed E-state index contributed by atoms with van der Waals surface area (Å²) in [5.41, 5.74) is 0. The zero-order chi connectivity index (χ0) is 19.1. The number of hydrogen-bond acceptors (Lipinski definition) is 3. The van der Waals surface area contributed by atoms with E-state index in [0.717, 1.165) is 6.54 Å². The Morgan fingerprint density at radius 1 is 0.731 bits per heavy atom. The van der Waals surface area contributed by atoms with Gasteiger partial charge in [-0.2, -0.15) is 0 Å². The smallest absolute Gasteiger partial charge is 0.0698 e. The van der Waals surface area contributed by atoms with Crippen LogP contribution in [0.5, 0.6) is 0 Å². The second-order valence-electron chi connectivity index (χ2n) is 7.59. The minimum Gasteiger partial charge on any atom is -0.394 e. The summed E-state index contributed by atoms with van der Waals surface area (Å²) in [6.45, 7) is 4.40. The van der Waals surface area contributed by atoms with Gasteiger partial charge in [0.05, 0.1) is 19.8 Å². The Morgan fingerprint density at radius 2 is 1.23 bits per heavy atom. The molecule has 0 saturated heterocycles. The molecule has 0 aromatic rings. The average molecular weight is 370 g/mol. The highest BCUT2D eigenvalue weighted by Crippen LogP contribution is 2.13. The molecule has 0 aliphatic heterocycles. The standard InChI is InChI=1S/C23H47NO2/c1-3-4-5-6-7-8-9-10-11-12-13-14-15-16-17-18-19-24(2)20-22-26-23-21-25/h18-19,25H,3-17,20-23H2,1-2H3. The molecule has 0 aromatic heterocycles. The molecular formula is C23H47NO2. The van der Waals surface area contributed by atoms with Crippen LogP contribution < -0.4 is 0 Å². The van der Waals surface area contributed by atoms with Crippen molar-refractivity contribution in [1.29, 1.82) is 0 Å². The predicted molar refractivity (Wildman–Crippen MR) is 115 cm³/mol. The Kier molecular flexibility index (Phi) is 22.0. The third-order valence-electron chi connectivity index (χ3n) is 4.91. The van der Waals surface area contributed by atoms with E-state index in [1.807, 2.05) is 0 Å². The minimum absolute atomic E-state index is 0.110. The second-order valence-corrected chi connectivity index (χ2v) is 7.59. The maximum absolute atomic E-state index is 8.64. The Morgan fingerprint density at radius 3 is 1.73 bits per heavy atom. The van der Waals surface area contributed by atoms with Gasteiger partial charge in [-0.1, -0.05) is 96.5 Å². The molecule has 0 rings (SSSR count). The van der Waals surface area contributed by atoms with E-state index in [0.29, 0.717) is 13.2 Å². The number of likely N-dealkylation sites (N-methyl/N-ethyl adjacent to an activating group) is 1. The predicted octanol–water partition coefficient (Wildman–Crippen LogP) is 6.31. The number of ether oxygens (including phenoxy) is 1. The summed E-state index contributed by atoms with van der Waals surface area (Å²) in [5.74, 6) is 0. The first-order valence-corrected chi connectivity index (χ1v) is 11.4. The molecule has 0 aliphatic carbocycles. The van der Waals surface area contributed by atoms with Gasteiger partial charge in [0.25, 0.3) is 0 Å². The maximum atomic E-state index is 8.64. The van der Waals surface area contributed by atoms with Gasteiger partial charge in [0, 0.05) is 13.6 Å². The molecule has 3 heteroatoms. The lowest BCUT2D eigenvalue weighted by atomic mass is 10.0. The monoisotopic (exact) mass is 369 g/mol. The van der Waals surface area contributed by atoms with Crippen LogP contribution in [0.3, 0.4) is 0 Å². The van der Waals surface area contributed by atoms with E-state index in [4.69, 9.17) is 9.84 Å². The fourth-order valence-corrected chi connectivity index (χ4v) is 3.16. The average Bonchev–Trinajstić information content (AvgIpc) is 2.65. The molecule has 0 atom stereocenters. The van der Waals surface area contributed by atoms with Crippen LogP contribution in [0.1, 0.15) is 103 Å². The molecule has 1 N–H and O–H groups in total. The van der Waals surface area contributed by atoms with Crippen LogP contribution in [0.4, 0.5) is 0 Å². The van der Waals surface area contributed by atoms with E-state index in [2.05, 4.69) is 31.1 Å². The SMILES string of the molecule is CCCCCCCCCCCCCCCCC=CN(C)CCOCCO. The molecule has 0 aromatic carbocycles. The Hall–Kier alpha value is -0.540. The summed E-state index contributed by atoms with van der Waals surface area (Å²) < 4.78 is 5.26. The topological polar surface area (TPSA) is 32.7 Å². The lowest BCUT2D eigenvalue weighted by molar-refractivity contribution is 0.0844. The van der Waals surface area contributed by atoms with Gasteiger partial charge in [-0.3, -0.25) is 0 Å². The fourth-order valence-electron chi connectivity index (χ4n) is 3.16. The van der Waals surface area contributed by atoms with Crippen LogP contribution in [-0.2, 0) is 4.74 Å². The van der Waals surface area contributed by atoms with Crippen molar-refractivity contribution >= 4 is 0 Å². The normalized spacial score (nSPS) is 11.5. The molecule has 0 amide bonds. The van der Waals surface area contributed by atoms with Gasteiger partial charge in [-0.05, 0) is 19.0 Å². The van der Waals surface area contributed by atoms with E-state index < -0.39 is 0 Å². The molecule has 0 fully saturated rings. The molecule has 26 heavy (non-hydrogen) atoms. The number of unbranched alkanes of at least 4 members (excludes halogenated alkanes) is 14. The van der Waals surface area contributed by atoms with Crippen molar-refractivity contribution < 1.29 is 9.84 Å². The van der Waals surface area contributed by atoms with Gasteiger partial charge >= 0.3 is 0 Å². The van der Waals surface area contributed by atoms with Gasteiger partial charge in [-0.15, -0.1) is 0 Å². The molecule has 0 unspecified atom stereocenters. The van der Waals surface area contributed by atoms with Gasteiger partial charge in [-0.25, -0.2) is 0 Å². The van der Waals surface area contributed by atoms with Gasteiger partial charge in [0.15, 0.2) is 0 Å². The highest BCUT2D eigenvalue weighted by Gasteiger charge is 1.94. The molecular weight excluding hydrogens is 322 g/mol. The number of hydrogen-bond donors (Lipinski definition) is 1. The van der Waals surface area contributed by atoms with E-state index in [1.165, 1.54) is 96.3 Å². The van der Waals surface area contributed by atoms with Crippen molar-refractivity contribution in [2.24, 2.45) is 0 Å². The number of nitrogens with zero attached hydrogens (tertiary/aromatic N) is 1. The van der Waals surface area contributed by atoms with Gasteiger partial charge < -0.3 is 14.7 Å². The summed E-state index contributed by atoms with van der Waals surface area (Å²) in [4.78, 5) is 2.15. The number of allylic oxidation sites excluding steroid dienone is 1. The van der Waals surface area contributed by atoms with Crippen molar-refractivity contribution in [2.75, 3.05) is 33.4 Å². The van der Waals surface area contributed by atoms with Crippen LogP contribution in [0, 0.1) is 0 Å². The molecule has 0 spiro atoms. The summed E-state index contributed by atoms with van der Waals surface area (Å²) in [6.07, 6.45) is 25.5. The van der Waals surface area contributed by atoms with Crippen molar-refractivity contribution in [2.45, 2.75) is 103 Å². The van der Waals surface area contributed by atoms with Crippen LogP contribution in [0.25, 0.3) is 0 Å². The molecule has 0 saturated carbocycles. The molecule has 156 valence electrons. The van der Waals surface area contributed by atoms with Crippen molar-refractivity contribution in [3.8, 4) is 0 Å². The second kappa shape index (κ2) is 22.5. The number of rotatable bonds is 21. The van der Waals surface area contributed by atoms with Crippen LogP contribution in [0.15, 0.2) is 12.3 Å². The third kappa shape index (κ3) is 21.5. The van der Waals surface area contributed by atoms with Crippen LogP contribution >= 0.6 is 0 Å². The van der Waals surface area contributed by atoms with Gasteiger partial charge in [0.1, 0.15) is 0 Å². The highest BCUT2D eigenvalue weighted by atomic mass is 16.5. The zero-order valence-corrected chi connectivity index (χ0v) is 17.9. The summed E-state index contributed by atoms with van der Waals surface area (Å²) in [6, 6.07) is 0. The van der Waals surface area contributed by atoms with E-state index in [1.54, 1.807) is 0 Å². The quantitative estimate of drug-likeness (QED) is 0.241. The molecule has 0 heterocycles. The summed E-state index contributed by atoms with van der Waals surface area (Å²) >= 11 is 0.